The van der Waals surface area contributed by atoms with Crippen LogP contribution in [0.4, 0.5) is 15.8 Å². The van der Waals surface area contributed by atoms with Crippen LogP contribution in [0.5, 0.6) is 0 Å². The van der Waals surface area contributed by atoms with Crippen molar-refractivity contribution in [3.05, 3.63) is 53.8 Å². The van der Waals surface area contributed by atoms with E-state index in [1.165, 1.54) is 24.3 Å². The minimum Gasteiger partial charge on any atom is -0.399 e. The van der Waals surface area contributed by atoms with E-state index >= 15 is 0 Å². The highest BCUT2D eigenvalue weighted by atomic mass is 32.2. The minimum atomic E-state index is -3.78. The lowest BCUT2D eigenvalue weighted by Crippen LogP contribution is -2.31. The highest BCUT2D eigenvalue weighted by Gasteiger charge is 2.24. The third kappa shape index (κ3) is 3.16. The van der Waals surface area contributed by atoms with E-state index in [9.17, 15) is 12.8 Å². The van der Waals surface area contributed by atoms with Crippen molar-refractivity contribution in [3.8, 4) is 0 Å². The van der Waals surface area contributed by atoms with Gasteiger partial charge in [0.1, 0.15) is 5.82 Å². The maximum absolute atomic E-state index is 13.3. The first-order chi connectivity index (χ1) is 9.84. The maximum atomic E-state index is 13.3. The standard InChI is InChI=1S/C15H17FN2O2S/c1-3-18(14-6-4-5-12(16)9-14)21(19,20)15-8-11(2)7-13(17)10-15/h4-10H,3,17H2,1-2H3. The zero-order valence-corrected chi connectivity index (χ0v) is 12.7. The van der Waals surface area contributed by atoms with Crippen LogP contribution >= 0.6 is 0 Å². The maximum Gasteiger partial charge on any atom is 0.264 e. The number of hydrogen-bond donors (Lipinski definition) is 1. The van der Waals surface area contributed by atoms with Gasteiger partial charge < -0.3 is 5.73 Å². The molecule has 0 heterocycles. The molecule has 0 aliphatic rings. The van der Waals surface area contributed by atoms with Crippen LogP contribution in [0, 0.1) is 12.7 Å². The largest absolute Gasteiger partial charge is 0.399 e. The first-order valence-electron chi connectivity index (χ1n) is 6.50. The second kappa shape index (κ2) is 5.73. The topological polar surface area (TPSA) is 63.4 Å². The Kier molecular flexibility index (Phi) is 4.18. The van der Waals surface area contributed by atoms with Crippen LogP contribution in [0.25, 0.3) is 0 Å². The summed E-state index contributed by atoms with van der Waals surface area (Å²) in [6, 6.07) is 10.2. The van der Waals surface area contributed by atoms with Gasteiger partial charge in [0.15, 0.2) is 0 Å². The summed E-state index contributed by atoms with van der Waals surface area (Å²) in [4.78, 5) is 0.103. The SMILES string of the molecule is CCN(c1cccc(F)c1)S(=O)(=O)c1cc(C)cc(N)c1. The lowest BCUT2D eigenvalue weighted by atomic mass is 10.2. The molecule has 0 saturated carbocycles. The zero-order valence-electron chi connectivity index (χ0n) is 11.9. The van der Waals surface area contributed by atoms with Gasteiger partial charge in [-0.05, 0) is 55.8 Å². The van der Waals surface area contributed by atoms with E-state index in [4.69, 9.17) is 5.73 Å². The summed E-state index contributed by atoms with van der Waals surface area (Å²) in [5, 5.41) is 0. The quantitative estimate of drug-likeness (QED) is 0.883. The number of rotatable bonds is 4. The Morgan fingerprint density at radius 1 is 1.19 bits per heavy atom. The number of nitrogens with zero attached hydrogens (tertiary/aromatic N) is 1. The van der Waals surface area contributed by atoms with Crippen LogP contribution in [-0.2, 0) is 10.0 Å². The van der Waals surface area contributed by atoms with Crippen molar-refractivity contribution in [1.29, 1.82) is 0 Å². The van der Waals surface area contributed by atoms with Gasteiger partial charge in [-0.2, -0.15) is 0 Å². The molecule has 0 bridgehead atoms. The fourth-order valence-corrected chi connectivity index (χ4v) is 3.78. The molecule has 4 nitrogen and oxygen atoms in total. The van der Waals surface area contributed by atoms with Crippen LogP contribution in [0.2, 0.25) is 0 Å². The zero-order chi connectivity index (χ0) is 15.6. The van der Waals surface area contributed by atoms with Crippen molar-refractivity contribution in [2.24, 2.45) is 0 Å². The molecule has 2 aromatic carbocycles. The Balaban J connectivity index is 2.54. The van der Waals surface area contributed by atoms with E-state index < -0.39 is 15.8 Å². The molecule has 0 atom stereocenters. The third-order valence-corrected chi connectivity index (χ3v) is 4.93. The van der Waals surface area contributed by atoms with E-state index in [-0.39, 0.29) is 17.1 Å². The monoisotopic (exact) mass is 308 g/mol. The average Bonchev–Trinajstić information content (AvgIpc) is 2.38. The Labute approximate surface area is 124 Å². The van der Waals surface area contributed by atoms with Crippen LogP contribution in [0.1, 0.15) is 12.5 Å². The first kappa shape index (κ1) is 15.3. The van der Waals surface area contributed by atoms with Crippen molar-refractivity contribution in [2.45, 2.75) is 18.7 Å². The van der Waals surface area contributed by atoms with Gasteiger partial charge in [-0.25, -0.2) is 12.8 Å². The molecule has 0 aliphatic heterocycles. The highest BCUT2D eigenvalue weighted by Crippen LogP contribution is 2.26. The van der Waals surface area contributed by atoms with Crippen molar-refractivity contribution in [2.75, 3.05) is 16.6 Å². The molecule has 112 valence electrons. The normalized spacial score (nSPS) is 11.4. The summed E-state index contributed by atoms with van der Waals surface area (Å²) in [5.74, 6) is -0.482. The molecule has 0 spiro atoms. The summed E-state index contributed by atoms with van der Waals surface area (Å²) in [5.41, 5.74) is 7.14. The number of halogens is 1. The number of nitrogen functional groups attached to an aromatic ring is 1. The molecule has 0 fully saturated rings. The van der Waals surface area contributed by atoms with Gasteiger partial charge in [0.2, 0.25) is 0 Å². The van der Waals surface area contributed by atoms with Gasteiger partial charge in [-0.3, -0.25) is 4.31 Å². The van der Waals surface area contributed by atoms with Gasteiger partial charge in [0.25, 0.3) is 10.0 Å². The van der Waals surface area contributed by atoms with E-state index in [1.807, 2.05) is 0 Å². The summed E-state index contributed by atoms with van der Waals surface area (Å²) in [7, 11) is -3.78. The Morgan fingerprint density at radius 2 is 1.90 bits per heavy atom. The molecule has 0 aromatic heterocycles. The molecule has 0 saturated heterocycles. The number of aryl methyl sites for hydroxylation is 1. The molecule has 2 aromatic rings. The summed E-state index contributed by atoms with van der Waals surface area (Å²) in [6.07, 6.45) is 0. The molecule has 21 heavy (non-hydrogen) atoms. The minimum absolute atomic E-state index is 0.103. The van der Waals surface area contributed by atoms with Crippen LogP contribution in [0.15, 0.2) is 47.4 Å². The molecular formula is C15H17FN2O2S. The Morgan fingerprint density at radius 3 is 2.48 bits per heavy atom. The molecule has 6 heteroatoms. The second-order valence-corrected chi connectivity index (χ2v) is 6.59. The van der Waals surface area contributed by atoms with E-state index in [0.29, 0.717) is 5.69 Å². The van der Waals surface area contributed by atoms with Gasteiger partial charge in [-0.1, -0.05) is 6.07 Å². The number of anilines is 2. The predicted molar refractivity (Wildman–Crippen MR) is 82.2 cm³/mol. The van der Waals surface area contributed by atoms with Gasteiger partial charge in [0, 0.05) is 12.2 Å². The number of benzene rings is 2. The second-order valence-electron chi connectivity index (χ2n) is 4.73. The average molecular weight is 308 g/mol. The smallest absolute Gasteiger partial charge is 0.264 e. The molecule has 0 aliphatic carbocycles. The fraction of sp³-hybridized carbons (Fsp3) is 0.200. The molecular weight excluding hydrogens is 291 g/mol. The number of hydrogen-bond acceptors (Lipinski definition) is 3. The molecule has 0 radical (unpaired) electrons. The summed E-state index contributed by atoms with van der Waals surface area (Å²) < 4.78 is 40.0. The van der Waals surface area contributed by atoms with E-state index in [1.54, 1.807) is 32.0 Å². The van der Waals surface area contributed by atoms with Crippen LogP contribution in [-0.4, -0.2) is 15.0 Å². The molecule has 0 unspecified atom stereocenters. The van der Waals surface area contributed by atoms with E-state index in [0.717, 1.165) is 9.87 Å². The Bertz CT molecular complexity index is 740. The first-order valence-corrected chi connectivity index (χ1v) is 7.94. The third-order valence-electron chi connectivity index (χ3n) is 3.04. The lowest BCUT2D eigenvalue weighted by molar-refractivity contribution is 0.591. The van der Waals surface area contributed by atoms with Gasteiger partial charge in [-0.15, -0.1) is 0 Å². The molecule has 0 amide bonds. The van der Waals surface area contributed by atoms with Gasteiger partial charge in [0.05, 0.1) is 10.6 Å². The van der Waals surface area contributed by atoms with Crippen LogP contribution < -0.4 is 10.0 Å². The summed E-state index contributed by atoms with van der Waals surface area (Å²) >= 11 is 0. The highest BCUT2D eigenvalue weighted by molar-refractivity contribution is 7.92. The predicted octanol–water partition coefficient (Wildman–Crippen LogP) is 2.93. The number of nitrogens with two attached hydrogens (primary N) is 1. The molecule has 2 N–H and O–H groups in total. The van der Waals surface area contributed by atoms with E-state index in [2.05, 4.69) is 0 Å². The van der Waals surface area contributed by atoms with Crippen LogP contribution in [0.3, 0.4) is 0 Å². The Hall–Kier alpha value is -2.08. The lowest BCUT2D eigenvalue weighted by Gasteiger charge is -2.23. The van der Waals surface area contributed by atoms with Crippen molar-refractivity contribution >= 4 is 21.4 Å². The fourth-order valence-electron chi connectivity index (χ4n) is 2.18. The summed E-state index contributed by atoms with van der Waals surface area (Å²) in [6.45, 7) is 3.66. The van der Waals surface area contributed by atoms with Crippen molar-refractivity contribution < 1.29 is 12.8 Å². The molecule has 2 rings (SSSR count). The van der Waals surface area contributed by atoms with Gasteiger partial charge >= 0.3 is 0 Å². The number of sulfonamides is 1. The van der Waals surface area contributed by atoms with Crippen molar-refractivity contribution in [3.63, 3.8) is 0 Å². The van der Waals surface area contributed by atoms with Crippen molar-refractivity contribution in [1.82, 2.24) is 0 Å².